The van der Waals surface area contributed by atoms with E-state index in [4.69, 9.17) is 4.74 Å². The summed E-state index contributed by atoms with van der Waals surface area (Å²) in [6.07, 6.45) is 3.89. The minimum Gasteiger partial charge on any atom is -0.443 e. The van der Waals surface area contributed by atoms with E-state index in [1.807, 2.05) is 37.5 Å². The number of nitrogens with zero attached hydrogens (tertiary/aromatic N) is 1. The van der Waals surface area contributed by atoms with Crippen LogP contribution < -0.4 is 5.43 Å². The van der Waals surface area contributed by atoms with Gasteiger partial charge in [-0.25, -0.2) is 9.80 Å². The van der Waals surface area contributed by atoms with E-state index < -0.39 is 5.60 Å². The molecule has 1 amide bonds. The molecule has 1 aromatic rings. The second-order valence-corrected chi connectivity index (χ2v) is 7.87. The van der Waals surface area contributed by atoms with Gasteiger partial charge in [0.25, 0.3) is 0 Å². The first-order valence-corrected chi connectivity index (χ1v) is 9.60. The predicted octanol–water partition coefficient (Wildman–Crippen LogP) is 4.17. The summed E-state index contributed by atoms with van der Waals surface area (Å²) in [6.45, 7) is 7.35. The van der Waals surface area contributed by atoms with Crippen molar-refractivity contribution in [1.82, 2.24) is 10.4 Å². The molecule has 0 saturated carbocycles. The molecule has 0 bridgehead atoms. The van der Waals surface area contributed by atoms with E-state index in [9.17, 15) is 4.79 Å². The van der Waals surface area contributed by atoms with Crippen LogP contribution in [0.2, 0.25) is 0 Å². The normalized spacial score (nSPS) is 17.0. The van der Waals surface area contributed by atoms with Gasteiger partial charge in [-0.05, 0) is 56.9 Å². The molecule has 0 spiro atoms. The molecule has 23 heavy (non-hydrogen) atoms. The maximum Gasteiger partial charge on any atom is 0.422 e. The molecule has 0 radical (unpaired) electrons. The molecule has 1 saturated heterocycles. The molecule has 128 valence electrons. The molecule has 0 atom stereocenters. The van der Waals surface area contributed by atoms with E-state index >= 15 is 0 Å². The van der Waals surface area contributed by atoms with Crippen molar-refractivity contribution in [2.75, 3.05) is 19.3 Å². The molecular weight excluding hydrogens is 308 g/mol. The SMILES string of the molecule is CSCc1ccccc1C1CCN(NC(=O)OC(C)(C)C)CC1. The average Bonchev–Trinajstić information content (AvgIpc) is 2.47. The fourth-order valence-electron chi connectivity index (χ4n) is 2.95. The first-order chi connectivity index (χ1) is 10.9. The summed E-state index contributed by atoms with van der Waals surface area (Å²) in [5.74, 6) is 1.64. The smallest absolute Gasteiger partial charge is 0.422 e. The average molecular weight is 337 g/mol. The molecule has 1 aliphatic rings. The van der Waals surface area contributed by atoms with Crippen molar-refractivity contribution in [2.45, 2.75) is 50.9 Å². The minimum atomic E-state index is -0.459. The van der Waals surface area contributed by atoms with E-state index in [-0.39, 0.29) is 6.09 Å². The Morgan fingerprint density at radius 2 is 1.96 bits per heavy atom. The monoisotopic (exact) mass is 336 g/mol. The minimum absolute atomic E-state index is 0.362. The van der Waals surface area contributed by atoms with Crippen molar-refractivity contribution in [1.29, 1.82) is 0 Å². The van der Waals surface area contributed by atoms with Gasteiger partial charge in [-0.2, -0.15) is 11.8 Å². The van der Waals surface area contributed by atoms with Crippen LogP contribution in [-0.4, -0.2) is 36.0 Å². The van der Waals surface area contributed by atoms with Crippen molar-refractivity contribution < 1.29 is 9.53 Å². The third kappa shape index (κ3) is 5.74. The fraction of sp³-hybridized carbons (Fsp3) is 0.611. The lowest BCUT2D eigenvalue weighted by atomic mass is 9.87. The lowest BCUT2D eigenvalue weighted by Gasteiger charge is -2.33. The third-order valence-electron chi connectivity index (χ3n) is 3.94. The van der Waals surface area contributed by atoms with Crippen LogP contribution in [0.1, 0.15) is 50.7 Å². The first kappa shape index (κ1) is 18.1. The van der Waals surface area contributed by atoms with Crippen molar-refractivity contribution in [3.05, 3.63) is 35.4 Å². The number of piperidine rings is 1. The van der Waals surface area contributed by atoms with Crippen LogP contribution in [0.3, 0.4) is 0 Å². The Morgan fingerprint density at radius 1 is 1.30 bits per heavy atom. The molecule has 0 aliphatic carbocycles. The molecule has 0 unspecified atom stereocenters. The Kier molecular flexibility index (Phi) is 6.36. The summed E-state index contributed by atoms with van der Waals surface area (Å²) in [5.41, 5.74) is 5.31. The molecule has 1 heterocycles. The Bertz CT molecular complexity index is 520. The zero-order valence-corrected chi connectivity index (χ0v) is 15.4. The maximum absolute atomic E-state index is 11.8. The summed E-state index contributed by atoms with van der Waals surface area (Å²) < 4.78 is 5.31. The van der Waals surface area contributed by atoms with Crippen molar-refractivity contribution in [3.63, 3.8) is 0 Å². The highest BCUT2D eigenvalue weighted by Crippen LogP contribution is 2.31. The van der Waals surface area contributed by atoms with E-state index in [2.05, 4.69) is 35.9 Å². The Hall–Kier alpha value is -1.20. The highest BCUT2D eigenvalue weighted by atomic mass is 32.2. The van der Waals surface area contributed by atoms with Crippen molar-refractivity contribution >= 4 is 17.9 Å². The Morgan fingerprint density at radius 3 is 2.57 bits per heavy atom. The topological polar surface area (TPSA) is 41.6 Å². The van der Waals surface area contributed by atoms with Gasteiger partial charge in [0.1, 0.15) is 5.60 Å². The van der Waals surface area contributed by atoms with Crippen LogP contribution in [0.5, 0.6) is 0 Å². The standard InChI is InChI=1S/C18H28N2O2S/c1-18(2,3)22-17(21)19-20-11-9-14(10-12-20)16-8-6-5-7-15(16)13-23-4/h5-8,14H,9-13H2,1-4H3,(H,19,21). The van der Waals surface area contributed by atoms with Crippen LogP contribution >= 0.6 is 11.8 Å². The number of ether oxygens (including phenoxy) is 1. The van der Waals surface area contributed by atoms with Gasteiger partial charge in [-0.15, -0.1) is 0 Å². The summed E-state index contributed by atoms with van der Waals surface area (Å²) >= 11 is 1.86. The number of carbonyl (C=O) groups is 1. The number of carbonyl (C=O) groups excluding carboxylic acids is 1. The number of hydrogen-bond acceptors (Lipinski definition) is 4. The van der Waals surface area contributed by atoms with Gasteiger partial charge < -0.3 is 4.74 Å². The van der Waals surface area contributed by atoms with E-state index in [1.54, 1.807) is 0 Å². The van der Waals surface area contributed by atoms with Gasteiger partial charge in [0.2, 0.25) is 0 Å². The highest BCUT2D eigenvalue weighted by Gasteiger charge is 2.24. The van der Waals surface area contributed by atoms with Gasteiger partial charge in [0, 0.05) is 18.8 Å². The van der Waals surface area contributed by atoms with Gasteiger partial charge in [-0.1, -0.05) is 24.3 Å². The molecule has 2 rings (SSSR count). The zero-order chi connectivity index (χ0) is 16.9. The zero-order valence-electron chi connectivity index (χ0n) is 14.6. The lowest BCUT2D eigenvalue weighted by Crippen LogP contribution is -2.48. The molecule has 1 aromatic carbocycles. The van der Waals surface area contributed by atoms with Gasteiger partial charge in [0.05, 0.1) is 0 Å². The summed E-state index contributed by atoms with van der Waals surface area (Å²) in [5, 5.41) is 1.97. The highest BCUT2D eigenvalue weighted by molar-refractivity contribution is 7.97. The lowest BCUT2D eigenvalue weighted by molar-refractivity contribution is 0.0286. The molecule has 1 N–H and O–H groups in total. The van der Waals surface area contributed by atoms with Gasteiger partial charge >= 0.3 is 6.09 Å². The number of rotatable bonds is 4. The number of hydrogen-bond donors (Lipinski definition) is 1. The van der Waals surface area contributed by atoms with Crippen molar-refractivity contribution in [3.8, 4) is 0 Å². The maximum atomic E-state index is 11.8. The molecule has 0 aromatic heterocycles. The quantitative estimate of drug-likeness (QED) is 0.896. The summed E-state index contributed by atoms with van der Waals surface area (Å²) in [6, 6.07) is 8.74. The van der Waals surface area contributed by atoms with E-state index in [0.29, 0.717) is 5.92 Å². The van der Waals surface area contributed by atoms with Crippen LogP contribution in [0.25, 0.3) is 0 Å². The number of hydrazine groups is 1. The number of amides is 1. The second kappa shape index (κ2) is 8.06. The van der Waals surface area contributed by atoms with Crippen molar-refractivity contribution in [2.24, 2.45) is 0 Å². The Labute approximate surface area is 143 Å². The molecule has 5 heteroatoms. The molecule has 1 fully saturated rings. The van der Waals surface area contributed by atoms with Crippen LogP contribution in [-0.2, 0) is 10.5 Å². The van der Waals surface area contributed by atoms with Gasteiger partial charge in [-0.3, -0.25) is 5.43 Å². The third-order valence-corrected chi connectivity index (χ3v) is 4.54. The molecular formula is C18H28N2O2S. The van der Waals surface area contributed by atoms with Crippen LogP contribution in [0.15, 0.2) is 24.3 Å². The predicted molar refractivity (Wildman–Crippen MR) is 96.6 cm³/mol. The Balaban J connectivity index is 1.88. The van der Waals surface area contributed by atoms with E-state index in [1.165, 1.54) is 11.1 Å². The number of benzene rings is 1. The van der Waals surface area contributed by atoms with Crippen LogP contribution in [0.4, 0.5) is 4.79 Å². The van der Waals surface area contributed by atoms with Gasteiger partial charge in [0.15, 0.2) is 0 Å². The number of thioether (sulfide) groups is 1. The second-order valence-electron chi connectivity index (χ2n) is 7.01. The fourth-order valence-corrected chi connectivity index (χ4v) is 3.53. The first-order valence-electron chi connectivity index (χ1n) is 8.20. The summed E-state index contributed by atoms with van der Waals surface area (Å²) in [4.78, 5) is 11.8. The van der Waals surface area contributed by atoms with E-state index in [0.717, 1.165) is 31.7 Å². The molecule has 1 aliphatic heterocycles. The largest absolute Gasteiger partial charge is 0.443 e. The number of nitrogens with one attached hydrogen (secondary N) is 1. The molecule has 4 nitrogen and oxygen atoms in total. The van der Waals surface area contributed by atoms with Crippen LogP contribution in [0, 0.1) is 0 Å². The summed E-state index contributed by atoms with van der Waals surface area (Å²) in [7, 11) is 0.